The molecule has 0 spiro atoms. The molecule has 0 radical (unpaired) electrons. The molecule has 0 saturated heterocycles. The first-order valence-corrected chi connectivity index (χ1v) is 8.19. The number of rotatable bonds is 6. The van der Waals surface area contributed by atoms with E-state index in [1.54, 1.807) is 6.07 Å². The molecule has 19 heavy (non-hydrogen) atoms. The number of hydrogen-bond acceptors (Lipinski definition) is 3. The Balaban J connectivity index is 3.17. The van der Waals surface area contributed by atoms with Crippen LogP contribution < -0.4 is 5.73 Å². The van der Waals surface area contributed by atoms with Crippen LogP contribution in [0.2, 0.25) is 5.02 Å². The van der Waals surface area contributed by atoms with E-state index in [4.69, 9.17) is 17.3 Å². The Morgan fingerprint density at radius 3 is 2.53 bits per heavy atom. The van der Waals surface area contributed by atoms with Crippen LogP contribution in [0.5, 0.6) is 0 Å². The summed E-state index contributed by atoms with van der Waals surface area (Å²) in [6.45, 7) is 6.79. The zero-order valence-electron chi connectivity index (χ0n) is 11.6. The van der Waals surface area contributed by atoms with Crippen molar-refractivity contribution in [3.05, 3.63) is 23.2 Å². The standard InChI is InChI=1S/C13H21ClN2O2S/c1-4-10(3)9-16(5-2)19(17,18)13-8-11(14)6-7-12(13)15/h6-8,10H,4-5,9,15H2,1-3H3. The highest BCUT2D eigenvalue weighted by Crippen LogP contribution is 2.26. The second-order valence-corrected chi connectivity index (χ2v) is 6.99. The first-order valence-electron chi connectivity index (χ1n) is 6.38. The summed E-state index contributed by atoms with van der Waals surface area (Å²) in [5, 5.41) is 0.368. The number of hydrogen-bond donors (Lipinski definition) is 1. The molecule has 6 heteroatoms. The Hall–Kier alpha value is -0.780. The summed E-state index contributed by atoms with van der Waals surface area (Å²) in [7, 11) is -3.59. The van der Waals surface area contributed by atoms with E-state index in [-0.39, 0.29) is 10.6 Å². The molecule has 0 bridgehead atoms. The van der Waals surface area contributed by atoms with Crippen molar-refractivity contribution in [2.24, 2.45) is 5.92 Å². The topological polar surface area (TPSA) is 63.4 Å². The second kappa shape index (κ2) is 6.59. The minimum absolute atomic E-state index is 0.0881. The molecule has 0 aliphatic carbocycles. The molecule has 0 heterocycles. The van der Waals surface area contributed by atoms with Crippen molar-refractivity contribution in [3.8, 4) is 0 Å². The van der Waals surface area contributed by atoms with Crippen LogP contribution >= 0.6 is 11.6 Å². The van der Waals surface area contributed by atoms with Crippen LogP contribution in [0.15, 0.2) is 23.1 Å². The van der Waals surface area contributed by atoms with E-state index in [1.807, 2.05) is 20.8 Å². The van der Waals surface area contributed by atoms with Gasteiger partial charge in [-0.2, -0.15) is 4.31 Å². The molecule has 0 aliphatic heterocycles. The third-order valence-corrected chi connectivity index (χ3v) is 5.39. The number of sulfonamides is 1. The SMILES string of the molecule is CCC(C)CN(CC)S(=O)(=O)c1cc(Cl)ccc1N. The van der Waals surface area contributed by atoms with Crippen LogP contribution in [0.1, 0.15) is 27.2 Å². The van der Waals surface area contributed by atoms with Crippen molar-refractivity contribution >= 4 is 27.3 Å². The minimum atomic E-state index is -3.59. The Kier molecular flexibility index (Phi) is 5.64. The van der Waals surface area contributed by atoms with Crippen molar-refractivity contribution in [2.75, 3.05) is 18.8 Å². The van der Waals surface area contributed by atoms with Crippen molar-refractivity contribution in [2.45, 2.75) is 32.1 Å². The normalized spacial score (nSPS) is 13.7. The lowest BCUT2D eigenvalue weighted by Crippen LogP contribution is -2.34. The van der Waals surface area contributed by atoms with E-state index >= 15 is 0 Å². The van der Waals surface area contributed by atoms with Crippen molar-refractivity contribution in [1.82, 2.24) is 4.31 Å². The fraction of sp³-hybridized carbons (Fsp3) is 0.538. The first-order chi connectivity index (χ1) is 8.82. The predicted octanol–water partition coefficient (Wildman–Crippen LogP) is 2.98. The maximum atomic E-state index is 12.6. The molecular formula is C13H21ClN2O2S. The number of nitrogens with zero attached hydrogens (tertiary/aromatic N) is 1. The fourth-order valence-electron chi connectivity index (χ4n) is 1.74. The number of benzene rings is 1. The summed E-state index contributed by atoms with van der Waals surface area (Å²) in [5.74, 6) is 0.301. The lowest BCUT2D eigenvalue weighted by molar-refractivity contribution is 0.362. The molecule has 0 saturated carbocycles. The number of anilines is 1. The molecule has 0 aliphatic rings. The quantitative estimate of drug-likeness (QED) is 0.822. The molecule has 1 unspecified atom stereocenters. The zero-order chi connectivity index (χ0) is 14.6. The van der Waals surface area contributed by atoms with Gasteiger partial charge in [-0.15, -0.1) is 0 Å². The molecule has 1 rings (SSSR count). The molecule has 4 nitrogen and oxygen atoms in total. The maximum Gasteiger partial charge on any atom is 0.245 e. The van der Waals surface area contributed by atoms with Crippen LogP contribution in [0.3, 0.4) is 0 Å². The van der Waals surface area contributed by atoms with Crippen LogP contribution in [0.4, 0.5) is 5.69 Å². The molecule has 0 amide bonds. The highest BCUT2D eigenvalue weighted by atomic mass is 35.5. The second-order valence-electron chi connectivity index (χ2n) is 4.65. The van der Waals surface area contributed by atoms with Crippen molar-refractivity contribution < 1.29 is 8.42 Å². The smallest absolute Gasteiger partial charge is 0.245 e. The summed E-state index contributed by atoms with van der Waals surface area (Å²) in [6, 6.07) is 4.51. The van der Waals surface area contributed by atoms with Gasteiger partial charge in [0.1, 0.15) is 4.90 Å². The van der Waals surface area contributed by atoms with E-state index in [1.165, 1.54) is 16.4 Å². The summed E-state index contributed by atoms with van der Waals surface area (Å²) < 4.78 is 26.6. The van der Waals surface area contributed by atoms with Crippen molar-refractivity contribution in [1.29, 1.82) is 0 Å². The molecule has 108 valence electrons. The van der Waals surface area contributed by atoms with Gasteiger partial charge in [-0.1, -0.05) is 38.8 Å². The molecule has 1 atom stereocenters. The van der Waals surface area contributed by atoms with Gasteiger partial charge >= 0.3 is 0 Å². The van der Waals surface area contributed by atoms with E-state index in [9.17, 15) is 8.42 Å². The van der Waals surface area contributed by atoms with E-state index in [2.05, 4.69) is 0 Å². The fourth-order valence-corrected chi connectivity index (χ4v) is 3.69. The molecule has 0 aromatic heterocycles. The van der Waals surface area contributed by atoms with E-state index in [0.717, 1.165) is 6.42 Å². The van der Waals surface area contributed by atoms with Crippen LogP contribution in [-0.4, -0.2) is 25.8 Å². The summed E-state index contributed by atoms with van der Waals surface area (Å²) in [4.78, 5) is 0.0881. The number of nitrogen functional groups attached to an aromatic ring is 1. The summed E-state index contributed by atoms with van der Waals surface area (Å²) in [6.07, 6.45) is 0.928. The molecular weight excluding hydrogens is 284 g/mol. The minimum Gasteiger partial charge on any atom is -0.398 e. The lowest BCUT2D eigenvalue weighted by atomic mass is 10.1. The van der Waals surface area contributed by atoms with Gasteiger partial charge in [0.05, 0.1) is 5.69 Å². The zero-order valence-corrected chi connectivity index (χ0v) is 13.1. The van der Waals surface area contributed by atoms with E-state index < -0.39 is 10.0 Å². The predicted molar refractivity (Wildman–Crippen MR) is 79.8 cm³/mol. The summed E-state index contributed by atoms with van der Waals surface area (Å²) >= 11 is 5.87. The van der Waals surface area contributed by atoms with Gasteiger partial charge in [-0.3, -0.25) is 0 Å². The van der Waals surface area contributed by atoms with Crippen LogP contribution in [0, 0.1) is 5.92 Å². The van der Waals surface area contributed by atoms with Crippen LogP contribution in [0.25, 0.3) is 0 Å². The van der Waals surface area contributed by atoms with Gasteiger partial charge in [0, 0.05) is 18.1 Å². The maximum absolute atomic E-state index is 12.6. The Morgan fingerprint density at radius 2 is 2.00 bits per heavy atom. The third-order valence-electron chi connectivity index (χ3n) is 3.16. The van der Waals surface area contributed by atoms with Crippen LogP contribution in [-0.2, 0) is 10.0 Å². The highest BCUT2D eigenvalue weighted by Gasteiger charge is 2.26. The Labute approximate surface area is 120 Å². The Morgan fingerprint density at radius 1 is 1.37 bits per heavy atom. The highest BCUT2D eigenvalue weighted by molar-refractivity contribution is 7.89. The molecule has 2 N–H and O–H groups in total. The summed E-state index contributed by atoms with van der Waals surface area (Å²) in [5.41, 5.74) is 6.00. The third kappa shape index (κ3) is 3.84. The van der Waals surface area contributed by atoms with Crippen molar-refractivity contribution in [3.63, 3.8) is 0 Å². The van der Waals surface area contributed by atoms with Gasteiger partial charge in [-0.05, 0) is 24.1 Å². The molecule has 0 fully saturated rings. The average Bonchev–Trinajstić information content (AvgIpc) is 2.37. The van der Waals surface area contributed by atoms with Gasteiger partial charge in [0.2, 0.25) is 10.0 Å². The van der Waals surface area contributed by atoms with E-state index in [0.29, 0.717) is 24.0 Å². The average molecular weight is 305 g/mol. The lowest BCUT2D eigenvalue weighted by Gasteiger charge is -2.24. The van der Waals surface area contributed by atoms with Gasteiger partial charge in [0.25, 0.3) is 0 Å². The number of halogens is 1. The molecule has 1 aromatic carbocycles. The van der Waals surface area contributed by atoms with Gasteiger partial charge in [-0.25, -0.2) is 8.42 Å². The number of nitrogens with two attached hydrogens (primary N) is 1. The first kappa shape index (κ1) is 16.3. The van der Waals surface area contributed by atoms with Gasteiger partial charge < -0.3 is 5.73 Å². The molecule has 1 aromatic rings. The largest absolute Gasteiger partial charge is 0.398 e. The monoisotopic (exact) mass is 304 g/mol. The Bertz CT molecular complexity index is 531. The van der Waals surface area contributed by atoms with Gasteiger partial charge in [0.15, 0.2) is 0 Å².